The molecule has 2 aromatic rings. The summed E-state index contributed by atoms with van der Waals surface area (Å²) >= 11 is 0. The summed E-state index contributed by atoms with van der Waals surface area (Å²) in [4.78, 5) is 37.9. The second-order valence-corrected chi connectivity index (χ2v) is 6.58. The van der Waals surface area contributed by atoms with Crippen molar-refractivity contribution in [1.82, 2.24) is 0 Å². The number of rotatable bonds is 3. The Kier molecular flexibility index (Phi) is 5.54. The van der Waals surface area contributed by atoms with E-state index in [4.69, 9.17) is 0 Å². The van der Waals surface area contributed by atoms with Crippen molar-refractivity contribution in [3.8, 4) is 0 Å². The fraction of sp³-hybridized carbons (Fsp3) is 0.286. The van der Waals surface area contributed by atoms with E-state index in [1.165, 1.54) is 6.92 Å². The van der Waals surface area contributed by atoms with E-state index in [1.807, 2.05) is 25.1 Å². The van der Waals surface area contributed by atoms with Gasteiger partial charge in [-0.15, -0.1) is 0 Å². The van der Waals surface area contributed by atoms with Gasteiger partial charge in [-0.3, -0.25) is 14.4 Å². The highest BCUT2D eigenvalue weighted by Gasteiger charge is 2.21. The second kappa shape index (κ2) is 8.03. The molecular weight excluding hydrogens is 342 g/mol. The molecule has 3 amide bonds. The fourth-order valence-electron chi connectivity index (χ4n) is 3.18. The molecule has 140 valence electrons. The molecule has 0 unspecified atom stereocenters. The average Bonchev–Trinajstić information content (AvgIpc) is 2.67. The number of carbonyl (C=O) groups is 3. The molecule has 0 spiro atoms. The highest BCUT2D eigenvalue weighted by Crippen LogP contribution is 2.30. The van der Waals surface area contributed by atoms with Crippen LogP contribution >= 0.6 is 0 Å². The number of nitrogens with one attached hydrogen (secondary N) is 2. The Labute approximate surface area is 158 Å². The SMILES string of the molecule is CCc1ccc(NC(=O)C(=O)Nc2ccc3c(c2)N(C(C)=O)CCC3)cc1. The Bertz CT molecular complexity index is 875. The number of hydrogen-bond acceptors (Lipinski definition) is 3. The third-order valence-corrected chi connectivity index (χ3v) is 4.67. The summed E-state index contributed by atoms with van der Waals surface area (Å²) in [5.74, 6) is -1.52. The van der Waals surface area contributed by atoms with E-state index >= 15 is 0 Å². The zero-order valence-electron chi connectivity index (χ0n) is 15.5. The molecule has 0 bridgehead atoms. The summed E-state index contributed by atoms with van der Waals surface area (Å²) in [5, 5.41) is 5.19. The highest BCUT2D eigenvalue weighted by molar-refractivity contribution is 6.43. The minimum Gasteiger partial charge on any atom is -0.318 e. The van der Waals surface area contributed by atoms with Crippen molar-refractivity contribution in [2.24, 2.45) is 0 Å². The number of carbonyl (C=O) groups excluding carboxylic acids is 3. The first-order valence-electron chi connectivity index (χ1n) is 9.10. The maximum atomic E-state index is 12.2. The average molecular weight is 365 g/mol. The van der Waals surface area contributed by atoms with Crippen LogP contribution in [0.25, 0.3) is 0 Å². The Balaban J connectivity index is 1.69. The lowest BCUT2D eigenvalue weighted by atomic mass is 10.0. The van der Waals surface area contributed by atoms with Gasteiger partial charge < -0.3 is 15.5 Å². The summed E-state index contributed by atoms with van der Waals surface area (Å²) in [5.41, 5.74) is 4.07. The molecule has 27 heavy (non-hydrogen) atoms. The van der Waals surface area contributed by atoms with Crippen LogP contribution in [0, 0.1) is 0 Å². The van der Waals surface area contributed by atoms with Gasteiger partial charge in [0.05, 0.1) is 0 Å². The molecule has 0 fully saturated rings. The lowest BCUT2D eigenvalue weighted by Gasteiger charge is -2.29. The van der Waals surface area contributed by atoms with E-state index in [2.05, 4.69) is 10.6 Å². The number of nitrogens with zero attached hydrogens (tertiary/aromatic N) is 1. The third kappa shape index (κ3) is 4.34. The first-order valence-corrected chi connectivity index (χ1v) is 9.10. The van der Waals surface area contributed by atoms with Crippen molar-refractivity contribution in [3.63, 3.8) is 0 Å². The van der Waals surface area contributed by atoms with Crippen LogP contribution in [0.5, 0.6) is 0 Å². The van der Waals surface area contributed by atoms with Gasteiger partial charge in [0.25, 0.3) is 0 Å². The molecule has 0 aliphatic carbocycles. The van der Waals surface area contributed by atoms with E-state index in [0.29, 0.717) is 17.9 Å². The van der Waals surface area contributed by atoms with Gasteiger partial charge in [-0.25, -0.2) is 0 Å². The molecular formula is C21H23N3O3. The van der Waals surface area contributed by atoms with Crippen LogP contribution < -0.4 is 15.5 Å². The zero-order chi connectivity index (χ0) is 19.4. The van der Waals surface area contributed by atoms with E-state index in [1.54, 1.807) is 29.2 Å². The number of aryl methyl sites for hydroxylation is 2. The number of benzene rings is 2. The van der Waals surface area contributed by atoms with E-state index in [-0.39, 0.29) is 5.91 Å². The normalized spacial score (nSPS) is 12.9. The van der Waals surface area contributed by atoms with Gasteiger partial charge in [-0.2, -0.15) is 0 Å². The van der Waals surface area contributed by atoms with Crippen LogP contribution in [0.15, 0.2) is 42.5 Å². The molecule has 0 saturated heterocycles. The van der Waals surface area contributed by atoms with Crippen LogP contribution in [0.2, 0.25) is 0 Å². The summed E-state index contributed by atoms with van der Waals surface area (Å²) < 4.78 is 0. The highest BCUT2D eigenvalue weighted by atomic mass is 16.2. The van der Waals surface area contributed by atoms with Crippen molar-refractivity contribution in [1.29, 1.82) is 0 Å². The minimum atomic E-state index is -0.750. The Hall–Kier alpha value is -3.15. The Morgan fingerprint density at radius 3 is 2.22 bits per heavy atom. The lowest BCUT2D eigenvalue weighted by molar-refractivity contribution is -0.132. The molecule has 0 saturated carbocycles. The first kappa shape index (κ1) is 18.6. The number of amides is 3. The lowest BCUT2D eigenvalue weighted by Crippen LogP contribution is -2.34. The smallest absolute Gasteiger partial charge is 0.314 e. The molecule has 0 radical (unpaired) electrons. The third-order valence-electron chi connectivity index (χ3n) is 4.67. The van der Waals surface area contributed by atoms with Crippen molar-refractivity contribution in [3.05, 3.63) is 53.6 Å². The van der Waals surface area contributed by atoms with Crippen LogP contribution in [0.4, 0.5) is 17.1 Å². The largest absolute Gasteiger partial charge is 0.318 e. The fourth-order valence-corrected chi connectivity index (χ4v) is 3.18. The summed E-state index contributed by atoms with van der Waals surface area (Å²) in [6.07, 6.45) is 2.71. The monoisotopic (exact) mass is 365 g/mol. The molecule has 1 heterocycles. The predicted molar refractivity (Wildman–Crippen MR) is 106 cm³/mol. The van der Waals surface area contributed by atoms with Crippen molar-refractivity contribution >= 4 is 34.8 Å². The number of hydrogen-bond donors (Lipinski definition) is 2. The molecule has 0 aromatic heterocycles. The van der Waals surface area contributed by atoms with Crippen LogP contribution in [0.1, 0.15) is 31.4 Å². The predicted octanol–water partition coefficient (Wildman–Crippen LogP) is 3.13. The molecule has 6 nitrogen and oxygen atoms in total. The van der Waals surface area contributed by atoms with E-state index in [0.717, 1.165) is 36.1 Å². The topological polar surface area (TPSA) is 78.5 Å². The van der Waals surface area contributed by atoms with E-state index < -0.39 is 11.8 Å². The summed E-state index contributed by atoms with van der Waals surface area (Å²) in [7, 11) is 0. The van der Waals surface area contributed by atoms with Crippen LogP contribution in [-0.4, -0.2) is 24.3 Å². The van der Waals surface area contributed by atoms with Gasteiger partial charge in [-0.05, 0) is 54.7 Å². The Morgan fingerprint density at radius 1 is 0.963 bits per heavy atom. The maximum absolute atomic E-state index is 12.2. The Morgan fingerprint density at radius 2 is 1.59 bits per heavy atom. The molecule has 0 atom stereocenters. The quantitative estimate of drug-likeness (QED) is 0.821. The molecule has 1 aliphatic rings. The second-order valence-electron chi connectivity index (χ2n) is 6.58. The molecule has 3 rings (SSSR count). The summed E-state index contributed by atoms with van der Waals surface area (Å²) in [6, 6.07) is 12.8. The molecule has 2 aromatic carbocycles. The minimum absolute atomic E-state index is 0.0345. The van der Waals surface area contributed by atoms with Crippen LogP contribution in [0.3, 0.4) is 0 Å². The van der Waals surface area contributed by atoms with Crippen molar-refractivity contribution in [2.75, 3.05) is 22.1 Å². The first-order chi connectivity index (χ1) is 13.0. The van der Waals surface area contributed by atoms with Gasteiger partial charge in [0.2, 0.25) is 5.91 Å². The molecule has 1 aliphatic heterocycles. The summed E-state index contributed by atoms with van der Waals surface area (Å²) in [6.45, 7) is 4.23. The number of anilines is 3. The maximum Gasteiger partial charge on any atom is 0.314 e. The van der Waals surface area contributed by atoms with Gasteiger partial charge in [0, 0.05) is 30.5 Å². The van der Waals surface area contributed by atoms with Gasteiger partial charge >= 0.3 is 11.8 Å². The van der Waals surface area contributed by atoms with Gasteiger partial charge in [-0.1, -0.05) is 25.1 Å². The zero-order valence-corrected chi connectivity index (χ0v) is 15.5. The standard InChI is InChI=1S/C21H23N3O3/c1-3-15-6-9-17(10-7-15)22-20(26)21(27)23-18-11-8-16-5-4-12-24(14(2)25)19(16)13-18/h6-11,13H,3-5,12H2,1-2H3,(H,22,26)(H,23,27). The number of fused-ring (bicyclic) bond motifs is 1. The van der Waals surface area contributed by atoms with E-state index in [9.17, 15) is 14.4 Å². The van der Waals surface area contributed by atoms with Crippen molar-refractivity contribution in [2.45, 2.75) is 33.1 Å². The molecule has 2 N–H and O–H groups in total. The van der Waals surface area contributed by atoms with Crippen LogP contribution in [-0.2, 0) is 27.2 Å². The van der Waals surface area contributed by atoms with Crippen molar-refractivity contribution < 1.29 is 14.4 Å². The van der Waals surface area contributed by atoms with Gasteiger partial charge in [0.1, 0.15) is 0 Å². The van der Waals surface area contributed by atoms with Gasteiger partial charge in [0.15, 0.2) is 0 Å². The molecule has 6 heteroatoms.